The lowest BCUT2D eigenvalue weighted by molar-refractivity contribution is -0.129. The summed E-state index contributed by atoms with van der Waals surface area (Å²) >= 11 is 0. The third-order valence-corrected chi connectivity index (χ3v) is 8.67. The number of likely N-dealkylation sites (tertiary alicyclic amines) is 1. The number of hydrogen-bond donors (Lipinski definition) is 2. The normalized spacial score (nSPS) is 15.1. The first-order valence-electron chi connectivity index (χ1n) is 15.8. The lowest BCUT2D eigenvalue weighted by Crippen LogP contribution is -2.56. The first kappa shape index (κ1) is 31.6. The van der Waals surface area contributed by atoms with Gasteiger partial charge < -0.3 is 14.4 Å². The number of nitrogens with one attached hydrogen (secondary N) is 2. The van der Waals surface area contributed by atoms with Crippen molar-refractivity contribution in [2.45, 2.75) is 37.9 Å². The molecule has 4 aromatic rings. The lowest BCUT2D eigenvalue weighted by atomic mass is 9.98. The summed E-state index contributed by atoms with van der Waals surface area (Å²) in [5.41, 5.74) is 11.9. The molecular formula is C37H39N5O5. The highest BCUT2D eigenvalue weighted by atomic mass is 16.6. The zero-order chi connectivity index (χ0) is 32.8. The van der Waals surface area contributed by atoms with Gasteiger partial charge in [-0.3, -0.25) is 10.2 Å². The number of methoxy groups -OCH3 is 1. The summed E-state index contributed by atoms with van der Waals surface area (Å²) in [5, 5.41) is 2.93. The summed E-state index contributed by atoms with van der Waals surface area (Å²) in [4.78, 5) is 42.3. The van der Waals surface area contributed by atoms with Gasteiger partial charge in [0.1, 0.15) is 18.4 Å². The van der Waals surface area contributed by atoms with Crippen LogP contribution in [0.5, 0.6) is 5.75 Å². The molecule has 1 atom stereocenters. The van der Waals surface area contributed by atoms with E-state index in [1.54, 1.807) is 31.3 Å². The summed E-state index contributed by atoms with van der Waals surface area (Å²) in [5.74, 6) is 0.269. The third kappa shape index (κ3) is 7.23. The SMILES string of the molecule is COc1ccc(CN(NC(=O)OCC2c3ccccc3-c3ccccc32)C(=O)N2CCC[C@H]2C(=O)NN(C)Cc2ccccc2)cc1. The fraction of sp³-hybridized carbons (Fsp3) is 0.270. The predicted molar refractivity (Wildman–Crippen MR) is 178 cm³/mol. The van der Waals surface area contributed by atoms with Gasteiger partial charge in [-0.1, -0.05) is 91.0 Å². The van der Waals surface area contributed by atoms with Gasteiger partial charge in [-0.2, -0.15) is 0 Å². The van der Waals surface area contributed by atoms with E-state index < -0.39 is 18.2 Å². The van der Waals surface area contributed by atoms with E-state index in [2.05, 4.69) is 35.1 Å². The van der Waals surface area contributed by atoms with Gasteiger partial charge >= 0.3 is 12.1 Å². The molecule has 10 heteroatoms. The molecule has 1 heterocycles. The van der Waals surface area contributed by atoms with Crippen molar-refractivity contribution in [3.8, 4) is 16.9 Å². The number of hydrogen-bond acceptors (Lipinski definition) is 6. The van der Waals surface area contributed by atoms with Gasteiger partial charge in [0, 0.05) is 26.1 Å². The Balaban J connectivity index is 1.15. The van der Waals surface area contributed by atoms with Crippen LogP contribution in [0.4, 0.5) is 9.59 Å². The molecule has 6 rings (SSSR count). The molecule has 10 nitrogen and oxygen atoms in total. The number of fused-ring (bicyclic) bond motifs is 3. The van der Waals surface area contributed by atoms with E-state index in [1.807, 2.05) is 66.7 Å². The number of ether oxygens (including phenoxy) is 2. The minimum atomic E-state index is -0.753. The molecule has 1 aliphatic heterocycles. The Bertz CT molecular complexity index is 1670. The standard InChI is InChI=1S/C37H39N5O5/c1-40(23-26-11-4-3-5-12-26)38-35(43)34-17-10-22-41(34)37(45)42(24-27-18-20-28(46-2)21-19-27)39-36(44)47-25-33-31-15-8-6-13-29(31)30-14-7-9-16-32(30)33/h3-9,11-16,18-21,33-34H,10,17,22-25H2,1-2H3,(H,38,43)(H,39,44)/t34-/m0/s1. The maximum Gasteiger partial charge on any atom is 0.426 e. The van der Waals surface area contributed by atoms with Crippen LogP contribution in [0.2, 0.25) is 0 Å². The van der Waals surface area contributed by atoms with Gasteiger partial charge in [0.2, 0.25) is 0 Å². The van der Waals surface area contributed by atoms with Gasteiger partial charge in [-0.05, 0) is 58.4 Å². The third-order valence-electron chi connectivity index (χ3n) is 8.67. The Morgan fingerprint density at radius 3 is 2.06 bits per heavy atom. The molecule has 1 saturated heterocycles. The number of carbonyl (C=O) groups excluding carboxylic acids is 3. The number of amides is 4. The second-order valence-corrected chi connectivity index (χ2v) is 11.8. The van der Waals surface area contributed by atoms with Crippen molar-refractivity contribution in [2.75, 3.05) is 27.3 Å². The first-order chi connectivity index (χ1) is 22.9. The maximum atomic E-state index is 14.1. The van der Waals surface area contributed by atoms with Crippen molar-refractivity contribution >= 4 is 18.0 Å². The molecule has 0 saturated carbocycles. The van der Waals surface area contributed by atoms with Crippen LogP contribution in [0.3, 0.4) is 0 Å². The molecule has 2 N–H and O–H groups in total. The van der Waals surface area contributed by atoms with Crippen LogP contribution in [-0.4, -0.2) is 66.3 Å². The summed E-state index contributed by atoms with van der Waals surface area (Å²) in [7, 11) is 3.38. The predicted octanol–water partition coefficient (Wildman–Crippen LogP) is 5.70. The molecule has 4 amide bonds. The second-order valence-electron chi connectivity index (χ2n) is 11.8. The number of carbonyl (C=O) groups is 3. The van der Waals surface area contributed by atoms with E-state index in [4.69, 9.17) is 9.47 Å². The fourth-order valence-electron chi connectivity index (χ4n) is 6.39. The fourth-order valence-corrected chi connectivity index (χ4v) is 6.39. The molecule has 2 aliphatic rings. The number of urea groups is 1. The van der Waals surface area contributed by atoms with Crippen LogP contribution in [0, 0.1) is 0 Å². The highest BCUT2D eigenvalue weighted by molar-refractivity contribution is 5.88. The molecule has 47 heavy (non-hydrogen) atoms. The Morgan fingerprint density at radius 1 is 0.787 bits per heavy atom. The lowest BCUT2D eigenvalue weighted by Gasteiger charge is -2.32. The number of hydrazine groups is 2. The van der Waals surface area contributed by atoms with Gasteiger partial charge in [0.05, 0.1) is 13.7 Å². The summed E-state index contributed by atoms with van der Waals surface area (Å²) in [6.07, 6.45) is 0.419. The van der Waals surface area contributed by atoms with Gasteiger partial charge in [0.25, 0.3) is 5.91 Å². The van der Waals surface area contributed by atoms with Crippen molar-refractivity contribution in [1.82, 2.24) is 25.8 Å². The monoisotopic (exact) mass is 633 g/mol. The molecule has 0 bridgehead atoms. The smallest absolute Gasteiger partial charge is 0.426 e. The van der Waals surface area contributed by atoms with Crippen LogP contribution in [0.15, 0.2) is 103 Å². The van der Waals surface area contributed by atoms with Crippen molar-refractivity contribution in [3.05, 3.63) is 125 Å². The van der Waals surface area contributed by atoms with Crippen LogP contribution in [-0.2, 0) is 22.6 Å². The minimum absolute atomic E-state index is 0.0613. The molecular weight excluding hydrogens is 594 g/mol. The van der Waals surface area contributed by atoms with E-state index in [1.165, 1.54) is 9.91 Å². The Hall–Kier alpha value is -5.35. The molecule has 1 aliphatic carbocycles. The van der Waals surface area contributed by atoms with E-state index in [-0.39, 0.29) is 25.0 Å². The number of nitrogens with zero attached hydrogens (tertiary/aromatic N) is 3. The van der Waals surface area contributed by atoms with E-state index in [0.29, 0.717) is 31.7 Å². The van der Waals surface area contributed by atoms with Gasteiger partial charge in [-0.25, -0.2) is 25.0 Å². The Kier molecular flexibility index (Phi) is 9.68. The second kappa shape index (κ2) is 14.4. The largest absolute Gasteiger partial charge is 0.497 e. The Labute approximate surface area is 274 Å². The van der Waals surface area contributed by atoms with Crippen LogP contribution >= 0.6 is 0 Å². The van der Waals surface area contributed by atoms with Crippen LogP contribution < -0.4 is 15.6 Å². The van der Waals surface area contributed by atoms with E-state index >= 15 is 0 Å². The summed E-state index contributed by atoms with van der Waals surface area (Å²) in [6.45, 7) is 1.06. The highest BCUT2D eigenvalue weighted by Crippen LogP contribution is 2.44. The highest BCUT2D eigenvalue weighted by Gasteiger charge is 2.38. The average Bonchev–Trinajstić information content (AvgIpc) is 3.71. The van der Waals surface area contributed by atoms with Gasteiger partial charge in [-0.15, -0.1) is 0 Å². The summed E-state index contributed by atoms with van der Waals surface area (Å²) < 4.78 is 11.1. The van der Waals surface area contributed by atoms with Crippen LogP contribution in [0.25, 0.3) is 11.1 Å². The maximum absolute atomic E-state index is 14.1. The van der Waals surface area contributed by atoms with E-state index in [0.717, 1.165) is 33.4 Å². The molecule has 0 aromatic heterocycles. The summed E-state index contributed by atoms with van der Waals surface area (Å²) in [6, 6.07) is 32.1. The van der Waals surface area contributed by atoms with Crippen LogP contribution in [0.1, 0.15) is 41.0 Å². The number of benzene rings is 4. The zero-order valence-electron chi connectivity index (χ0n) is 26.6. The molecule has 0 radical (unpaired) electrons. The zero-order valence-corrected chi connectivity index (χ0v) is 26.6. The first-order valence-corrected chi connectivity index (χ1v) is 15.8. The van der Waals surface area contributed by atoms with Crippen molar-refractivity contribution in [3.63, 3.8) is 0 Å². The molecule has 1 fully saturated rings. The van der Waals surface area contributed by atoms with E-state index in [9.17, 15) is 14.4 Å². The van der Waals surface area contributed by atoms with Crippen molar-refractivity contribution < 1.29 is 23.9 Å². The Morgan fingerprint density at radius 2 is 1.40 bits per heavy atom. The molecule has 4 aromatic carbocycles. The molecule has 0 unspecified atom stereocenters. The number of rotatable bonds is 9. The molecule has 0 spiro atoms. The van der Waals surface area contributed by atoms with Gasteiger partial charge in [0.15, 0.2) is 0 Å². The quantitative estimate of drug-likeness (QED) is 0.229. The average molecular weight is 634 g/mol. The van der Waals surface area contributed by atoms with Crippen molar-refractivity contribution in [1.29, 1.82) is 0 Å². The molecule has 242 valence electrons. The topological polar surface area (TPSA) is 103 Å². The van der Waals surface area contributed by atoms with Crippen molar-refractivity contribution in [2.24, 2.45) is 0 Å². The minimum Gasteiger partial charge on any atom is -0.497 e.